The van der Waals surface area contributed by atoms with Gasteiger partial charge >= 0.3 is 0 Å². The molecule has 1 fully saturated rings. The highest BCUT2D eigenvalue weighted by molar-refractivity contribution is 8.00. The zero-order valence-electron chi connectivity index (χ0n) is 13.8. The van der Waals surface area contributed by atoms with Crippen LogP contribution >= 0.6 is 11.8 Å². The normalized spacial score (nSPS) is 17.5. The minimum absolute atomic E-state index is 0.252. The summed E-state index contributed by atoms with van der Waals surface area (Å²) in [5.41, 5.74) is 3.75. The molecule has 1 saturated heterocycles. The Balaban J connectivity index is 1.67. The van der Waals surface area contributed by atoms with Crippen LogP contribution in [0.2, 0.25) is 0 Å². The number of carbonyl (C=O) groups is 1. The largest absolute Gasteiger partial charge is 0.335 e. The number of carbonyl (C=O) groups excluding carboxylic acids is 1. The van der Waals surface area contributed by atoms with Crippen LogP contribution in [0.3, 0.4) is 0 Å². The quantitative estimate of drug-likeness (QED) is 0.755. The zero-order valence-corrected chi connectivity index (χ0v) is 14.6. The summed E-state index contributed by atoms with van der Waals surface area (Å²) in [6.45, 7) is 5.08. The van der Waals surface area contributed by atoms with Gasteiger partial charge in [-0.15, -0.1) is 11.8 Å². The van der Waals surface area contributed by atoms with Gasteiger partial charge in [0.25, 0.3) is 0 Å². The number of nitrogens with zero attached hydrogens (tertiary/aromatic N) is 1. The average Bonchev–Trinajstić information content (AvgIpc) is 3.06. The lowest BCUT2D eigenvalue weighted by atomic mass is 10.0. The molecule has 0 spiro atoms. The van der Waals surface area contributed by atoms with E-state index in [1.165, 1.54) is 21.6 Å². The van der Waals surface area contributed by atoms with Crippen LogP contribution in [-0.4, -0.2) is 23.1 Å². The summed E-state index contributed by atoms with van der Waals surface area (Å²) in [6.07, 6.45) is 2.17. The van der Waals surface area contributed by atoms with Gasteiger partial charge in [-0.1, -0.05) is 48.0 Å². The first-order chi connectivity index (χ1) is 11.1. The lowest BCUT2D eigenvalue weighted by Crippen LogP contribution is -2.31. The Morgan fingerprint density at radius 2 is 1.96 bits per heavy atom. The van der Waals surface area contributed by atoms with Crippen molar-refractivity contribution in [3.8, 4) is 0 Å². The molecule has 2 aromatic rings. The van der Waals surface area contributed by atoms with Gasteiger partial charge in [0.2, 0.25) is 5.91 Å². The molecule has 0 saturated carbocycles. The van der Waals surface area contributed by atoms with Gasteiger partial charge in [-0.25, -0.2) is 0 Å². The highest BCUT2D eigenvalue weighted by Crippen LogP contribution is 2.33. The molecule has 3 heteroatoms. The molecular weight excluding hydrogens is 302 g/mol. The number of likely N-dealkylation sites (tertiary alicyclic amines) is 1. The molecule has 1 aliphatic heterocycles. The summed E-state index contributed by atoms with van der Waals surface area (Å²) in [5.74, 6) is 0.774. The third-order valence-corrected chi connectivity index (χ3v) is 5.59. The molecule has 3 rings (SSSR count). The van der Waals surface area contributed by atoms with Gasteiger partial charge in [0.15, 0.2) is 0 Å². The summed E-state index contributed by atoms with van der Waals surface area (Å²) in [4.78, 5) is 16.0. The number of hydrogen-bond donors (Lipinski definition) is 0. The number of amides is 1. The Hall–Kier alpha value is -1.74. The Morgan fingerprint density at radius 3 is 2.74 bits per heavy atom. The Kier molecular flexibility index (Phi) is 5.06. The fourth-order valence-electron chi connectivity index (χ4n) is 3.17. The lowest BCUT2D eigenvalue weighted by molar-refractivity contribution is -0.129. The van der Waals surface area contributed by atoms with Gasteiger partial charge in [-0.05, 0) is 43.9 Å². The number of benzene rings is 2. The predicted molar refractivity (Wildman–Crippen MR) is 96.8 cm³/mol. The Bertz CT molecular complexity index is 683. The molecule has 1 amide bonds. The first kappa shape index (κ1) is 16.1. The first-order valence-corrected chi connectivity index (χ1v) is 9.18. The highest BCUT2D eigenvalue weighted by Gasteiger charge is 2.29. The van der Waals surface area contributed by atoms with Gasteiger partial charge in [0, 0.05) is 11.4 Å². The molecule has 1 aliphatic rings. The SMILES string of the molecule is Cc1ccc(C)c(SCC(=O)N2CCCC2c2ccccc2)c1. The molecule has 2 aromatic carbocycles. The molecule has 1 heterocycles. The number of thioether (sulfide) groups is 1. The van der Waals surface area contributed by atoms with Crippen LogP contribution in [0.1, 0.15) is 35.6 Å². The third kappa shape index (κ3) is 3.78. The van der Waals surface area contributed by atoms with E-state index < -0.39 is 0 Å². The van der Waals surface area contributed by atoms with Crippen LogP contribution in [-0.2, 0) is 4.79 Å². The molecule has 0 aromatic heterocycles. The van der Waals surface area contributed by atoms with Crippen molar-refractivity contribution in [2.45, 2.75) is 37.6 Å². The van der Waals surface area contributed by atoms with E-state index in [-0.39, 0.29) is 11.9 Å². The van der Waals surface area contributed by atoms with Crippen molar-refractivity contribution in [1.29, 1.82) is 0 Å². The maximum absolute atomic E-state index is 12.7. The van der Waals surface area contributed by atoms with Gasteiger partial charge < -0.3 is 4.90 Å². The van der Waals surface area contributed by atoms with Crippen molar-refractivity contribution in [1.82, 2.24) is 4.90 Å². The lowest BCUT2D eigenvalue weighted by Gasteiger charge is -2.25. The van der Waals surface area contributed by atoms with Crippen molar-refractivity contribution in [2.75, 3.05) is 12.3 Å². The van der Waals surface area contributed by atoms with Gasteiger partial charge in [-0.3, -0.25) is 4.79 Å². The Morgan fingerprint density at radius 1 is 1.17 bits per heavy atom. The first-order valence-electron chi connectivity index (χ1n) is 8.19. The molecular formula is C20H23NOS. The summed E-state index contributed by atoms with van der Waals surface area (Å²) in [5, 5.41) is 0. The molecule has 1 atom stereocenters. The van der Waals surface area contributed by atoms with Crippen LogP contribution in [0.5, 0.6) is 0 Å². The van der Waals surface area contributed by atoms with Crippen LogP contribution in [0.25, 0.3) is 0 Å². The summed E-state index contributed by atoms with van der Waals surface area (Å²) < 4.78 is 0. The smallest absolute Gasteiger partial charge is 0.233 e. The number of hydrogen-bond acceptors (Lipinski definition) is 2. The average molecular weight is 325 g/mol. The fourth-order valence-corrected chi connectivity index (χ4v) is 4.18. The summed E-state index contributed by atoms with van der Waals surface area (Å²) in [6, 6.07) is 17.1. The third-order valence-electron chi connectivity index (χ3n) is 4.45. The van der Waals surface area contributed by atoms with Crippen molar-refractivity contribution in [3.05, 3.63) is 65.2 Å². The van der Waals surface area contributed by atoms with Crippen molar-refractivity contribution in [2.24, 2.45) is 0 Å². The van der Waals surface area contributed by atoms with Crippen LogP contribution in [0.4, 0.5) is 0 Å². The standard InChI is InChI=1S/C20H23NOS/c1-15-10-11-16(2)19(13-15)23-14-20(22)21-12-6-9-18(21)17-7-4-3-5-8-17/h3-5,7-8,10-11,13,18H,6,9,12,14H2,1-2H3. The van der Waals surface area contributed by atoms with E-state index in [1.54, 1.807) is 11.8 Å². The van der Waals surface area contributed by atoms with Crippen LogP contribution in [0, 0.1) is 13.8 Å². The van der Waals surface area contributed by atoms with Gasteiger partial charge in [0.1, 0.15) is 0 Å². The second kappa shape index (κ2) is 7.22. The highest BCUT2D eigenvalue weighted by atomic mass is 32.2. The molecule has 120 valence electrons. The van der Waals surface area contributed by atoms with E-state index in [2.05, 4.69) is 61.2 Å². The maximum Gasteiger partial charge on any atom is 0.233 e. The molecule has 0 aliphatic carbocycles. The van der Waals surface area contributed by atoms with E-state index in [0.29, 0.717) is 5.75 Å². The molecule has 0 radical (unpaired) electrons. The zero-order chi connectivity index (χ0) is 16.2. The molecule has 0 bridgehead atoms. The molecule has 2 nitrogen and oxygen atoms in total. The minimum atomic E-state index is 0.252. The second-order valence-corrected chi connectivity index (χ2v) is 7.23. The van der Waals surface area contributed by atoms with Gasteiger partial charge in [-0.2, -0.15) is 0 Å². The number of rotatable bonds is 4. The van der Waals surface area contributed by atoms with Crippen LogP contribution in [0.15, 0.2) is 53.4 Å². The monoisotopic (exact) mass is 325 g/mol. The molecule has 23 heavy (non-hydrogen) atoms. The molecule has 1 unspecified atom stereocenters. The fraction of sp³-hybridized carbons (Fsp3) is 0.350. The van der Waals surface area contributed by atoms with Crippen molar-refractivity contribution in [3.63, 3.8) is 0 Å². The predicted octanol–water partition coefficient (Wildman–Crippen LogP) is 4.76. The van der Waals surface area contributed by atoms with E-state index in [0.717, 1.165) is 19.4 Å². The van der Waals surface area contributed by atoms with Crippen molar-refractivity contribution < 1.29 is 4.79 Å². The van der Waals surface area contributed by atoms with E-state index >= 15 is 0 Å². The maximum atomic E-state index is 12.7. The van der Waals surface area contributed by atoms with E-state index in [4.69, 9.17) is 0 Å². The summed E-state index contributed by atoms with van der Waals surface area (Å²) in [7, 11) is 0. The van der Waals surface area contributed by atoms with E-state index in [9.17, 15) is 4.79 Å². The summed E-state index contributed by atoms with van der Waals surface area (Å²) >= 11 is 1.66. The minimum Gasteiger partial charge on any atom is -0.335 e. The Labute approximate surface area is 142 Å². The van der Waals surface area contributed by atoms with E-state index in [1.807, 2.05) is 6.07 Å². The van der Waals surface area contributed by atoms with Gasteiger partial charge in [0.05, 0.1) is 11.8 Å². The second-order valence-electron chi connectivity index (χ2n) is 6.21. The number of aryl methyl sites for hydroxylation is 2. The van der Waals surface area contributed by atoms with Crippen LogP contribution < -0.4 is 0 Å². The molecule has 0 N–H and O–H groups in total. The topological polar surface area (TPSA) is 20.3 Å². The van der Waals surface area contributed by atoms with Crippen molar-refractivity contribution >= 4 is 17.7 Å².